The molecule has 0 aromatic heterocycles. The minimum absolute atomic E-state index is 0.133. The maximum Gasteiger partial charge on any atom is 0.251 e. The highest BCUT2D eigenvalue weighted by molar-refractivity contribution is 14.1. The molecule has 0 aliphatic heterocycles. The number of phenols is 1. The molecule has 1 rings (SSSR count). The van der Waals surface area contributed by atoms with E-state index >= 15 is 0 Å². The number of carbonyl (C=O) groups excluding carboxylic acids is 1. The van der Waals surface area contributed by atoms with Gasteiger partial charge in [-0.15, -0.1) is 0 Å². The summed E-state index contributed by atoms with van der Waals surface area (Å²) in [6.07, 6.45) is 1.03. The van der Waals surface area contributed by atoms with Crippen molar-refractivity contribution in [2.75, 3.05) is 0 Å². The van der Waals surface area contributed by atoms with Crippen molar-refractivity contribution >= 4 is 28.5 Å². The fraction of sp³-hybridized carbons (Fsp3) is 0.462. The first kappa shape index (κ1) is 14.3. The van der Waals surface area contributed by atoms with Crippen LogP contribution in [0.15, 0.2) is 18.2 Å². The van der Waals surface area contributed by atoms with Crippen LogP contribution in [0.25, 0.3) is 0 Å². The Bertz CT molecular complexity index is 406. The van der Waals surface area contributed by atoms with Crippen LogP contribution in [0.1, 0.15) is 37.6 Å². The number of nitrogens with one attached hydrogen (secondary N) is 1. The molecule has 0 heterocycles. The summed E-state index contributed by atoms with van der Waals surface area (Å²) in [6.45, 7) is 6.21. The number of amides is 1. The lowest BCUT2D eigenvalue weighted by Gasteiger charge is -2.19. The Balaban J connectivity index is 2.73. The van der Waals surface area contributed by atoms with Gasteiger partial charge < -0.3 is 10.4 Å². The van der Waals surface area contributed by atoms with Crippen LogP contribution in [0.4, 0.5) is 0 Å². The van der Waals surface area contributed by atoms with Crippen LogP contribution >= 0.6 is 22.6 Å². The zero-order chi connectivity index (χ0) is 13.0. The summed E-state index contributed by atoms with van der Waals surface area (Å²) in [6, 6.07) is 5.09. The first-order chi connectivity index (χ1) is 7.95. The zero-order valence-corrected chi connectivity index (χ0v) is 12.5. The predicted molar refractivity (Wildman–Crippen MR) is 77.2 cm³/mol. The van der Waals surface area contributed by atoms with Crippen LogP contribution in [0.2, 0.25) is 0 Å². The summed E-state index contributed by atoms with van der Waals surface area (Å²) >= 11 is 2.02. The largest absolute Gasteiger partial charge is 0.507 e. The number of hydrogen-bond acceptors (Lipinski definition) is 2. The molecule has 0 radical (unpaired) electrons. The molecular formula is C13H18INO2. The van der Waals surface area contributed by atoms with Crippen LogP contribution < -0.4 is 5.32 Å². The predicted octanol–water partition coefficient (Wildman–Crippen LogP) is 3.16. The third-order valence-corrected chi connectivity index (χ3v) is 3.98. The lowest BCUT2D eigenvalue weighted by atomic mass is 10.0. The molecule has 0 spiro atoms. The van der Waals surface area contributed by atoms with Gasteiger partial charge in [-0.2, -0.15) is 0 Å². The number of phenolic OH excluding ortho intramolecular Hbond substituents is 1. The highest BCUT2D eigenvalue weighted by atomic mass is 127. The minimum Gasteiger partial charge on any atom is -0.507 e. The van der Waals surface area contributed by atoms with E-state index in [0.717, 1.165) is 9.99 Å². The third kappa shape index (κ3) is 3.87. The number of carbonyl (C=O) groups is 1. The van der Waals surface area contributed by atoms with Crippen molar-refractivity contribution in [2.24, 2.45) is 5.92 Å². The lowest BCUT2D eigenvalue weighted by molar-refractivity contribution is 0.0927. The molecule has 0 aliphatic carbocycles. The van der Waals surface area contributed by atoms with Gasteiger partial charge in [0.25, 0.3) is 5.91 Å². The molecule has 2 atom stereocenters. The van der Waals surface area contributed by atoms with Gasteiger partial charge >= 0.3 is 0 Å². The molecule has 3 nitrogen and oxygen atoms in total. The molecule has 0 bridgehead atoms. The summed E-state index contributed by atoms with van der Waals surface area (Å²) in [5.74, 6) is 0.454. The van der Waals surface area contributed by atoms with Gasteiger partial charge in [0.15, 0.2) is 0 Å². The molecular weight excluding hydrogens is 329 g/mol. The van der Waals surface area contributed by atoms with Crippen LogP contribution in [0, 0.1) is 9.49 Å². The molecule has 94 valence electrons. The molecule has 0 aliphatic rings. The van der Waals surface area contributed by atoms with E-state index in [0.29, 0.717) is 11.5 Å². The van der Waals surface area contributed by atoms with Crippen LogP contribution in [-0.4, -0.2) is 17.1 Å². The molecule has 1 aromatic carbocycles. The molecule has 1 amide bonds. The van der Waals surface area contributed by atoms with Gasteiger partial charge in [0.1, 0.15) is 5.75 Å². The lowest BCUT2D eigenvalue weighted by Crippen LogP contribution is -2.36. The van der Waals surface area contributed by atoms with E-state index < -0.39 is 0 Å². The maximum absolute atomic E-state index is 11.9. The van der Waals surface area contributed by atoms with Gasteiger partial charge in [-0.05, 0) is 53.6 Å². The summed E-state index contributed by atoms with van der Waals surface area (Å²) in [4.78, 5) is 11.9. The van der Waals surface area contributed by atoms with Gasteiger partial charge in [0.2, 0.25) is 0 Å². The van der Waals surface area contributed by atoms with Gasteiger partial charge in [-0.25, -0.2) is 0 Å². The van der Waals surface area contributed by atoms with Gasteiger partial charge in [-0.3, -0.25) is 4.79 Å². The van der Waals surface area contributed by atoms with Crippen molar-refractivity contribution in [1.82, 2.24) is 5.32 Å². The number of benzene rings is 1. The first-order valence-electron chi connectivity index (χ1n) is 5.75. The average Bonchev–Trinajstić information content (AvgIpc) is 2.31. The van der Waals surface area contributed by atoms with Crippen molar-refractivity contribution in [3.63, 3.8) is 0 Å². The van der Waals surface area contributed by atoms with Crippen molar-refractivity contribution in [3.8, 4) is 5.75 Å². The van der Waals surface area contributed by atoms with Crippen LogP contribution in [-0.2, 0) is 0 Å². The van der Waals surface area contributed by atoms with E-state index in [9.17, 15) is 9.90 Å². The summed E-state index contributed by atoms with van der Waals surface area (Å²) < 4.78 is 0.745. The smallest absolute Gasteiger partial charge is 0.251 e. The van der Waals surface area contributed by atoms with Crippen LogP contribution in [0.3, 0.4) is 0 Å². The Morgan fingerprint density at radius 2 is 2.12 bits per heavy atom. The number of halogens is 1. The highest BCUT2D eigenvalue weighted by Crippen LogP contribution is 2.20. The van der Waals surface area contributed by atoms with E-state index in [-0.39, 0.29) is 17.7 Å². The monoisotopic (exact) mass is 347 g/mol. The van der Waals surface area contributed by atoms with Gasteiger partial charge in [0.05, 0.1) is 3.57 Å². The number of rotatable bonds is 4. The van der Waals surface area contributed by atoms with Crippen molar-refractivity contribution in [1.29, 1.82) is 0 Å². The van der Waals surface area contributed by atoms with Gasteiger partial charge in [-0.1, -0.05) is 20.3 Å². The van der Waals surface area contributed by atoms with E-state index in [1.807, 2.05) is 29.5 Å². The Kier molecular flexibility index (Phi) is 5.24. The highest BCUT2D eigenvalue weighted by Gasteiger charge is 2.15. The molecule has 0 saturated carbocycles. The average molecular weight is 347 g/mol. The fourth-order valence-electron chi connectivity index (χ4n) is 1.44. The summed E-state index contributed by atoms with van der Waals surface area (Å²) in [5.41, 5.74) is 0.498. The minimum atomic E-state index is -0.135. The summed E-state index contributed by atoms with van der Waals surface area (Å²) in [7, 11) is 0. The molecule has 2 unspecified atom stereocenters. The quantitative estimate of drug-likeness (QED) is 0.822. The number of aromatic hydroxyl groups is 1. The Hall–Kier alpha value is -0.780. The van der Waals surface area contributed by atoms with Crippen molar-refractivity contribution < 1.29 is 9.90 Å². The molecule has 0 saturated heterocycles. The SMILES string of the molecule is CCC(C)C(C)NC(=O)c1ccc(I)c(O)c1. The second-order valence-electron chi connectivity index (χ2n) is 4.31. The summed E-state index contributed by atoms with van der Waals surface area (Å²) in [5, 5.41) is 12.5. The number of hydrogen-bond donors (Lipinski definition) is 2. The molecule has 0 fully saturated rings. The topological polar surface area (TPSA) is 49.3 Å². The molecule has 17 heavy (non-hydrogen) atoms. The first-order valence-corrected chi connectivity index (χ1v) is 6.83. The molecule has 2 N–H and O–H groups in total. The molecule has 4 heteroatoms. The maximum atomic E-state index is 11.9. The van der Waals surface area contributed by atoms with E-state index in [1.54, 1.807) is 12.1 Å². The third-order valence-electron chi connectivity index (χ3n) is 3.06. The zero-order valence-electron chi connectivity index (χ0n) is 10.3. The Morgan fingerprint density at radius 3 is 2.65 bits per heavy atom. The van der Waals surface area contributed by atoms with E-state index in [4.69, 9.17) is 0 Å². The fourth-order valence-corrected chi connectivity index (χ4v) is 1.78. The second kappa shape index (κ2) is 6.23. The van der Waals surface area contributed by atoms with E-state index in [1.165, 1.54) is 6.07 Å². The van der Waals surface area contributed by atoms with Gasteiger partial charge in [0, 0.05) is 11.6 Å². The molecule has 1 aromatic rings. The van der Waals surface area contributed by atoms with Crippen LogP contribution in [0.5, 0.6) is 5.75 Å². The van der Waals surface area contributed by atoms with Crippen molar-refractivity contribution in [2.45, 2.75) is 33.2 Å². The standard InChI is InChI=1S/C13H18INO2/c1-4-8(2)9(3)15-13(17)10-5-6-11(14)12(16)7-10/h5-9,16H,4H2,1-3H3,(H,15,17). The Labute approximate surface area is 116 Å². The van der Waals surface area contributed by atoms with E-state index in [2.05, 4.69) is 19.2 Å². The second-order valence-corrected chi connectivity index (χ2v) is 5.48. The normalized spacial score (nSPS) is 14.1. The Morgan fingerprint density at radius 1 is 1.47 bits per heavy atom. The van der Waals surface area contributed by atoms with Crippen molar-refractivity contribution in [3.05, 3.63) is 27.3 Å².